The first-order chi connectivity index (χ1) is 26.0. The van der Waals surface area contributed by atoms with Crippen LogP contribution in [-0.4, -0.2) is 41.6 Å². The zero-order valence-corrected chi connectivity index (χ0v) is 30.7. The van der Waals surface area contributed by atoms with Gasteiger partial charge in [-0.3, -0.25) is 9.59 Å². The van der Waals surface area contributed by atoms with Crippen molar-refractivity contribution in [2.75, 3.05) is 20.2 Å². The second kappa shape index (κ2) is 15.3. The second-order valence-corrected chi connectivity index (χ2v) is 14.5. The Morgan fingerprint density at radius 1 is 0.755 bits per heavy atom. The first kappa shape index (κ1) is 34.7. The fourth-order valence-electron chi connectivity index (χ4n) is 8.06. The van der Waals surface area contributed by atoms with Gasteiger partial charge in [-0.05, 0) is 108 Å². The first-order valence-electron chi connectivity index (χ1n) is 18.7. The van der Waals surface area contributed by atoms with Crippen LogP contribution in [0.5, 0.6) is 5.75 Å². The molecule has 8 rings (SSSR count). The summed E-state index contributed by atoms with van der Waals surface area (Å²) in [6.07, 6.45) is 11.4. The molecular weight excluding hydrogens is 680 g/mol. The van der Waals surface area contributed by atoms with Crippen molar-refractivity contribution in [3.05, 3.63) is 119 Å². The van der Waals surface area contributed by atoms with Gasteiger partial charge in [0.05, 0.1) is 29.5 Å². The molecule has 268 valence electrons. The van der Waals surface area contributed by atoms with E-state index in [0.29, 0.717) is 29.6 Å². The average Bonchev–Trinajstić information content (AvgIpc) is 3.51. The van der Waals surface area contributed by atoms with Crippen molar-refractivity contribution in [1.29, 1.82) is 0 Å². The number of amides is 2. The number of fused-ring (bicyclic) bond motifs is 2. The Hall–Kier alpha value is -5.40. The molecule has 0 radical (unpaired) electrons. The van der Waals surface area contributed by atoms with E-state index >= 15 is 0 Å². The van der Waals surface area contributed by atoms with Crippen LogP contribution in [0.25, 0.3) is 55.4 Å². The summed E-state index contributed by atoms with van der Waals surface area (Å²) in [5.41, 5.74) is 9.63. The van der Waals surface area contributed by atoms with Crippen molar-refractivity contribution in [3.63, 3.8) is 0 Å². The van der Waals surface area contributed by atoms with E-state index in [-0.39, 0.29) is 18.4 Å². The van der Waals surface area contributed by atoms with Gasteiger partial charge in [0, 0.05) is 40.0 Å². The zero-order chi connectivity index (χ0) is 36.3. The summed E-state index contributed by atoms with van der Waals surface area (Å²) >= 11 is 6.22. The Bertz CT molecular complexity index is 2350. The molecule has 0 unspecified atom stereocenters. The van der Waals surface area contributed by atoms with Gasteiger partial charge < -0.3 is 19.9 Å². The Morgan fingerprint density at radius 2 is 1.51 bits per heavy atom. The molecule has 2 amide bonds. The van der Waals surface area contributed by atoms with Crippen molar-refractivity contribution in [2.24, 2.45) is 0 Å². The van der Waals surface area contributed by atoms with Crippen LogP contribution in [0.3, 0.4) is 0 Å². The number of carbonyl (C=O) groups excluding carboxylic acids is 2. The van der Waals surface area contributed by atoms with Crippen molar-refractivity contribution in [3.8, 4) is 39.4 Å². The Morgan fingerprint density at radius 3 is 2.30 bits per heavy atom. The number of nitrogens with zero attached hydrogens (tertiary/aromatic N) is 2. The van der Waals surface area contributed by atoms with E-state index in [9.17, 15) is 9.59 Å². The number of nitrogens with one attached hydrogen (secondary N) is 2. The summed E-state index contributed by atoms with van der Waals surface area (Å²) < 4.78 is 7.77. The molecule has 2 N–H and O–H groups in total. The van der Waals surface area contributed by atoms with Crippen LogP contribution in [0.1, 0.15) is 66.8 Å². The molecule has 1 aliphatic carbocycles. The summed E-state index contributed by atoms with van der Waals surface area (Å²) in [7, 11) is 1.67. The molecule has 0 atom stereocenters. The van der Waals surface area contributed by atoms with Crippen molar-refractivity contribution < 1.29 is 14.3 Å². The molecular formula is C45H43ClN4O3. The van der Waals surface area contributed by atoms with Gasteiger partial charge in [-0.15, -0.1) is 0 Å². The maximum absolute atomic E-state index is 13.6. The lowest BCUT2D eigenvalue weighted by Gasteiger charge is -2.24. The van der Waals surface area contributed by atoms with Gasteiger partial charge in [0.15, 0.2) is 0 Å². The topological polar surface area (TPSA) is 85.2 Å². The van der Waals surface area contributed by atoms with Gasteiger partial charge in [-0.2, -0.15) is 0 Å². The molecule has 2 aliphatic rings. The minimum atomic E-state index is -0.101. The Balaban J connectivity index is 1.27. The van der Waals surface area contributed by atoms with Gasteiger partial charge in [0.2, 0.25) is 5.91 Å². The number of halogens is 1. The van der Waals surface area contributed by atoms with Crippen molar-refractivity contribution in [2.45, 2.75) is 57.4 Å². The van der Waals surface area contributed by atoms with Crippen LogP contribution >= 0.6 is 11.6 Å². The Kier molecular flexibility index (Phi) is 10.0. The molecule has 4 aromatic carbocycles. The molecule has 0 saturated heterocycles. The molecule has 8 heteroatoms. The van der Waals surface area contributed by atoms with E-state index in [4.69, 9.17) is 21.3 Å². The number of benzene rings is 4. The van der Waals surface area contributed by atoms with Gasteiger partial charge in [-0.25, -0.2) is 4.98 Å². The maximum atomic E-state index is 13.6. The molecule has 2 aromatic heterocycles. The smallest absolute Gasteiger partial charge is 0.251 e. The number of methoxy groups -OCH3 is 1. The number of ether oxygens (including phenoxy) is 1. The van der Waals surface area contributed by atoms with Crippen LogP contribution in [0, 0.1) is 0 Å². The van der Waals surface area contributed by atoms with Crippen LogP contribution in [0.4, 0.5) is 0 Å². The number of hydrogen-bond donors (Lipinski definition) is 2. The fourth-order valence-corrected chi connectivity index (χ4v) is 8.19. The first-order valence-corrected chi connectivity index (χ1v) is 19.1. The van der Waals surface area contributed by atoms with E-state index < -0.39 is 0 Å². The summed E-state index contributed by atoms with van der Waals surface area (Å²) in [5.74, 6) is 0.970. The monoisotopic (exact) mass is 722 g/mol. The van der Waals surface area contributed by atoms with Crippen molar-refractivity contribution >= 4 is 45.2 Å². The van der Waals surface area contributed by atoms with Crippen LogP contribution in [0.2, 0.25) is 5.02 Å². The van der Waals surface area contributed by atoms with E-state index in [1.807, 2.05) is 48.5 Å². The standard InChI is InChI=1S/C45H43ClN4O3/c1-53-35-18-20-36(29-11-16-34(46)17-12-29)38(27-35)40-22-14-31-25-32(15-21-39(31)49-40)44-43(30-9-5-4-6-10-30)37-19-13-33-26-41(37)50(44)28-42(51)47-23-7-2-3-8-24-48-45(33)52/h2-3,11-22,25-27,30H,4-10,23-24,28H2,1H3,(H,47,51)(H,48,52)/b3-2+. The summed E-state index contributed by atoms with van der Waals surface area (Å²) in [6, 6.07) is 30.5. The lowest BCUT2D eigenvalue weighted by atomic mass is 9.81. The summed E-state index contributed by atoms with van der Waals surface area (Å²) in [6.45, 7) is 1.28. The molecule has 2 bridgehead atoms. The zero-order valence-electron chi connectivity index (χ0n) is 30.0. The van der Waals surface area contributed by atoms with Gasteiger partial charge in [0.25, 0.3) is 5.91 Å². The highest BCUT2D eigenvalue weighted by Gasteiger charge is 2.28. The van der Waals surface area contributed by atoms with Gasteiger partial charge >= 0.3 is 0 Å². The fraction of sp³-hybridized carbons (Fsp3) is 0.267. The minimum absolute atomic E-state index is 0.0432. The number of rotatable bonds is 5. The van der Waals surface area contributed by atoms with E-state index in [1.165, 1.54) is 24.8 Å². The molecule has 7 nitrogen and oxygen atoms in total. The number of hydrogen-bond acceptors (Lipinski definition) is 4. The molecule has 3 heterocycles. The molecule has 1 aliphatic heterocycles. The van der Waals surface area contributed by atoms with Crippen LogP contribution in [0.15, 0.2) is 103 Å². The third-order valence-corrected chi connectivity index (χ3v) is 10.9. The number of carbonyl (C=O) groups is 2. The second-order valence-electron chi connectivity index (χ2n) is 14.1. The predicted molar refractivity (Wildman–Crippen MR) is 215 cm³/mol. The highest BCUT2D eigenvalue weighted by molar-refractivity contribution is 6.30. The van der Waals surface area contributed by atoms with Crippen LogP contribution < -0.4 is 15.4 Å². The molecule has 0 spiro atoms. The lowest BCUT2D eigenvalue weighted by molar-refractivity contribution is -0.121. The quantitative estimate of drug-likeness (QED) is 0.174. The van der Waals surface area contributed by atoms with E-state index in [2.05, 4.69) is 69.8 Å². The number of pyridine rings is 1. The third-order valence-electron chi connectivity index (χ3n) is 10.7. The van der Waals surface area contributed by atoms with E-state index in [0.717, 1.165) is 86.9 Å². The molecule has 53 heavy (non-hydrogen) atoms. The van der Waals surface area contributed by atoms with Gasteiger partial charge in [-0.1, -0.05) is 79.4 Å². The lowest BCUT2D eigenvalue weighted by Crippen LogP contribution is -2.28. The normalized spacial score (nSPS) is 16.6. The molecule has 1 saturated carbocycles. The van der Waals surface area contributed by atoms with Gasteiger partial charge in [0.1, 0.15) is 12.3 Å². The average molecular weight is 723 g/mol. The summed E-state index contributed by atoms with van der Waals surface area (Å²) in [5, 5.41) is 9.02. The highest BCUT2D eigenvalue weighted by atomic mass is 35.5. The summed E-state index contributed by atoms with van der Waals surface area (Å²) in [4.78, 5) is 32.1. The number of aromatic nitrogens is 2. The van der Waals surface area contributed by atoms with Crippen molar-refractivity contribution in [1.82, 2.24) is 20.2 Å². The Labute approximate surface area is 315 Å². The largest absolute Gasteiger partial charge is 0.497 e. The SMILES string of the molecule is COc1ccc(-c2ccc(Cl)cc2)c(-c2ccc3cc(-c4c(C5CCCCC5)c5ccc6cc5n4CC(=O)NCC/C=C/CCNC6=O)ccc3n2)c1. The highest BCUT2D eigenvalue weighted by Crippen LogP contribution is 2.45. The van der Waals surface area contributed by atoms with E-state index in [1.54, 1.807) is 7.11 Å². The molecule has 1 fully saturated rings. The van der Waals surface area contributed by atoms with Crippen LogP contribution in [-0.2, 0) is 11.3 Å². The maximum Gasteiger partial charge on any atom is 0.251 e. The predicted octanol–water partition coefficient (Wildman–Crippen LogP) is 10.1. The molecule has 6 aromatic rings. The third kappa shape index (κ3) is 7.18. The minimum Gasteiger partial charge on any atom is -0.497 e.